The molecule has 0 aliphatic heterocycles. The molecule has 0 heterocycles. The molecule has 11 nitrogen and oxygen atoms in total. The summed E-state index contributed by atoms with van der Waals surface area (Å²) in [6.45, 7) is 2.35. The number of unbranched alkanes of at least 4 members (excludes halogenated alkanes) is 9. The van der Waals surface area contributed by atoms with Crippen LogP contribution in [-0.2, 0) is 32.7 Å². The van der Waals surface area contributed by atoms with Crippen LogP contribution in [0.15, 0.2) is 109 Å². The molecule has 0 rings (SSSR count). The highest BCUT2D eigenvalue weighted by Gasteiger charge is 2.28. The molecule has 0 radical (unpaired) electrons. The second-order valence-corrected chi connectivity index (χ2v) is 16.3. The zero-order valence-corrected chi connectivity index (χ0v) is 38.8. The Kier molecular flexibility index (Phi) is 41.0. The van der Waals surface area contributed by atoms with Crippen LogP contribution in [0.25, 0.3) is 0 Å². The zero-order chi connectivity index (χ0) is 45.6. The number of aliphatic hydroxyl groups excluding tert-OH is 1. The summed E-state index contributed by atoms with van der Waals surface area (Å²) in [5.74, 6) is -2.50. The molecule has 0 aliphatic carbocycles. The molecule has 3 unspecified atom stereocenters. The molecule has 0 aliphatic rings. The highest BCUT2D eigenvalue weighted by atomic mass is 31.2. The third-order valence-electron chi connectivity index (χ3n) is 9.06. The molecule has 1 amide bonds. The second-order valence-electron chi connectivity index (χ2n) is 14.9. The summed E-state index contributed by atoms with van der Waals surface area (Å²) in [6.07, 6.45) is 56.9. The monoisotopic (exact) mass is 886 g/mol. The van der Waals surface area contributed by atoms with E-state index in [1.165, 1.54) is 25.7 Å². The van der Waals surface area contributed by atoms with Gasteiger partial charge in [-0.25, -0.2) is 9.36 Å². The molecule has 4 N–H and O–H groups in total. The average Bonchev–Trinajstić information content (AvgIpc) is 3.25. The van der Waals surface area contributed by atoms with Crippen LogP contribution in [0.5, 0.6) is 0 Å². The molecule has 0 fully saturated rings. The molecular weight excluding hydrogens is 806 g/mol. The number of hydrogen-bond donors (Lipinski definition) is 4. The number of carbonyl (C=O) groups is 3. The molecule has 62 heavy (non-hydrogen) atoms. The Bertz CT molecular complexity index is 1460. The standard InChI is InChI=1S/C50H80NO10P/c1-3-5-7-9-11-13-15-17-19-21-23-25-27-29-31-33-35-37-39-41-48(53)51-47(50(55)56)45-61-62(57,58)60-44-46(52)43-59-49(54)42-40-38-36-34-32-30-28-26-24-22-20-18-16-14-12-10-8-6-4-2/h6,8,11-14,17-20,23-26,30,32,36,38,46-47,52H,3-5,7,9-10,15-16,21-22,27-29,31,33-35,37,39-45H2,1-2H3,(H,51,53)(H,55,56)(H,57,58)/b8-6-,13-11-,14-12-,19-17-,20-18-,25-23-,26-24-,32-30-,38-36-. The van der Waals surface area contributed by atoms with Crippen LogP contribution >= 0.6 is 7.82 Å². The number of allylic oxidation sites excluding steroid dienone is 18. The number of esters is 1. The smallest absolute Gasteiger partial charge is 0.472 e. The Morgan fingerprint density at radius 3 is 1.44 bits per heavy atom. The summed E-state index contributed by atoms with van der Waals surface area (Å²) in [7, 11) is -4.79. The predicted octanol–water partition coefficient (Wildman–Crippen LogP) is 12.2. The third kappa shape index (κ3) is 42.8. The van der Waals surface area contributed by atoms with Crippen molar-refractivity contribution in [1.29, 1.82) is 0 Å². The van der Waals surface area contributed by atoms with E-state index in [0.29, 0.717) is 12.8 Å². The summed E-state index contributed by atoms with van der Waals surface area (Å²) >= 11 is 0. The van der Waals surface area contributed by atoms with Crippen molar-refractivity contribution in [3.8, 4) is 0 Å². The number of rotatable bonds is 41. The molecular formula is C50H80NO10P. The fourth-order valence-corrected chi connectivity index (χ4v) is 6.29. The topological polar surface area (TPSA) is 169 Å². The first kappa shape index (κ1) is 58.1. The van der Waals surface area contributed by atoms with Crippen molar-refractivity contribution in [3.05, 3.63) is 109 Å². The van der Waals surface area contributed by atoms with E-state index in [0.717, 1.165) is 89.9 Å². The lowest BCUT2D eigenvalue weighted by molar-refractivity contribution is -0.147. The van der Waals surface area contributed by atoms with Crippen molar-refractivity contribution >= 4 is 25.7 Å². The zero-order valence-electron chi connectivity index (χ0n) is 37.9. The van der Waals surface area contributed by atoms with E-state index in [-0.39, 0.29) is 12.8 Å². The van der Waals surface area contributed by atoms with E-state index in [1.54, 1.807) is 0 Å². The van der Waals surface area contributed by atoms with Crippen molar-refractivity contribution < 1.29 is 47.8 Å². The Hall–Kier alpha value is -3.86. The van der Waals surface area contributed by atoms with Crippen LogP contribution < -0.4 is 5.32 Å². The average molecular weight is 886 g/mol. The lowest BCUT2D eigenvalue weighted by Crippen LogP contribution is -2.43. The number of aliphatic carboxylic acids is 1. The van der Waals surface area contributed by atoms with Crippen LogP contribution in [0.1, 0.15) is 155 Å². The number of nitrogens with one attached hydrogen (secondary N) is 1. The van der Waals surface area contributed by atoms with Gasteiger partial charge in [0.05, 0.1) is 13.2 Å². The number of ether oxygens (including phenoxy) is 1. The van der Waals surface area contributed by atoms with E-state index in [1.807, 2.05) is 18.2 Å². The number of phosphoric acid groups is 1. The molecule has 0 aromatic carbocycles. The normalized spacial score (nSPS) is 14.6. The molecule has 0 aromatic rings. The van der Waals surface area contributed by atoms with E-state index in [4.69, 9.17) is 13.8 Å². The van der Waals surface area contributed by atoms with Gasteiger partial charge in [0.15, 0.2) is 6.04 Å². The minimum atomic E-state index is -4.79. The highest BCUT2D eigenvalue weighted by Crippen LogP contribution is 2.43. The van der Waals surface area contributed by atoms with Gasteiger partial charge in [-0.2, -0.15) is 0 Å². The van der Waals surface area contributed by atoms with E-state index < -0.39 is 57.6 Å². The molecule has 0 saturated heterocycles. The number of carboxylic acids is 1. The molecule has 0 saturated carbocycles. The first-order valence-electron chi connectivity index (χ1n) is 22.9. The molecule has 350 valence electrons. The van der Waals surface area contributed by atoms with Gasteiger partial charge in [-0.05, 0) is 89.9 Å². The molecule has 0 aromatic heterocycles. The third-order valence-corrected chi connectivity index (χ3v) is 10.0. The van der Waals surface area contributed by atoms with Gasteiger partial charge < -0.3 is 25.2 Å². The van der Waals surface area contributed by atoms with Gasteiger partial charge >= 0.3 is 19.8 Å². The quantitative estimate of drug-likeness (QED) is 0.0201. The number of carboxylic acid groups (broad SMARTS) is 1. The Labute approximate surface area is 374 Å². The Morgan fingerprint density at radius 2 is 0.952 bits per heavy atom. The minimum absolute atomic E-state index is 0.0917. The van der Waals surface area contributed by atoms with Crippen molar-refractivity contribution in [2.24, 2.45) is 0 Å². The number of hydrogen-bond acceptors (Lipinski definition) is 8. The first-order chi connectivity index (χ1) is 30.1. The van der Waals surface area contributed by atoms with Crippen LogP contribution in [-0.4, -0.2) is 64.9 Å². The van der Waals surface area contributed by atoms with E-state index in [9.17, 15) is 34.1 Å². The van der Waals surface area contributed by atoms with E-state index in [2.05, 4.69) is 110 Å². The summed E-state index contributed by atoms with van der Waals surface area (Å²) in [6, 6.07) is -1.57. The Morgan fingerprint density at radius 1 is 0.532 bits per heavy atom. The van der Waals surface area contributed by atoms with Gasteiger partial charge in [-0.15, -0.1) is 0 Å². The van der Waals surface area contributed by atoms with Gasteiger partial charge in [0.1, 0.15) is 12.7 Å². The number of amides is 1. The lowest BCUT2D eigenvalue weighted by Gasteiger charge is -2.18. The lowest BCUT2D eigenvalue weighted by atomic mass is 10.1. The van der Waals surface area contributed by atoms with Gasteiger partial charge in [0.2, 0.25) is 5.91 Å². The van der Waals surface area contributed by atoms with Crippen LogP contribution in [0.4, 0.5) is 0 Å². The maximum absolute atomic E-state index is 12.3. The summed E-state index contributed by atoms with van der Waals surface area (Å²) < 4.78 is 26.8. The van der Waals surface area contributed by atoms with Crippen molar-refractivity contribution in [1.82, 2.24) is 5.32 Å². The number of carbonyl (C=O) groups excluding carboxylic acids is 2. The van der Waals surface area contributed by atoms with Crippen molar-refractivity contribution in [3.63, 3.8) is 0 Å². The molecule has 3 atom stereocenters. The first-order valence-corrected chi connectivity index (χ1v) is 24.4. The van der Waals surface area contributed by atoms with Crippen LogP contribution in [0.3, 0.4) is 0 Å². The molecule has 0 spiro atoms. The van der Waals surface area contributed by atoms with Crippen LogP contribution in [0, 0.1) is 0 Å². The van der Waals surface area contributed by atoms with Gasteiger partial charge in [0, 0.05) is 12.8 Å². The summed E-state index contributed by atoms with van der Waals surface area (Å²) in [5, 5.41) is 21.8. The Balaban J connectivity index is 4.03. The summed E-state index contributed by atoms with van der Waals surface area (Å²) in [5.41, 5.74) is 0. The van der Waals surface area contributed by atoms with Crippen molar-refractivity contribution in [2.45, 2.75) is 167 Å². The van der Waals surface area contributed by atoms with Crippen LogP contribution in [0.2, 0.25) is 0 Å². The van der Waals surface area contributed by atoms with Gasteiger partial charge in [-0.3, -0.25) is 18.6 Å². The molecule has 12 heteroatoms. The summed E-state index contributed by atoms with van der Waals surface area (Å²) in [4.78, 5) is 46.0. The fraction of sp³-hybridized carbons (Fsp3) is 0.580. The minimum Gasteiger partial charge on any atom is -0.480 e. The molecule has 0 bridgehead atoms. The van der Waals surface area contributed by atoms with Gasteiger partial charge in [0.25, 0.3) is 0 Å². The maximum Gasteiger partial charge on any atom is 0.472 e. The largest absolute Gasteiger partial charge is 0.480 e. The maximum atomic E-state index is 12.3. The predicted molar refractivity (Wildman–Crippen MR) is 253 cm³/mol. The number of phosphoric ester groups is 1. The van der Waals surface area contributed by atoms with Crippen molar-refractivity contribution in [2.75, 3.05) is 19.8 Å². The highest BCUT2D eigenvalue weighted by molar-refractivity contribution is 7.47. The number of aliphatic hydroxyl groups is 1. The van der Waals surface area contributed by atoms with Gasteiger partial charge in [-0.1, -0.05) is 162 Å². The fourth-order valence-electron chi connectivity index (χ4n) is 5.52. The van der Waals surface area contributed by atoms with E-state index >= 15 is 0 Å². The second kappa shape index (κ2) is 43.8. The SMILES string of the molecule is CC/C=C\C/C=C\C/C=C\C/C=C\C/C=C\C/C=C\CCC(=O)OCC(O)COP(=O)(O)OCC(NC(=O)CCCCCCCC/C=C\C/C=C\C/C=C\CCCCC)C(=O)O.